The average molecular weight is 383 g/mol. The summed E-state index contributed by atoms with van der Waals surface area (Å²) in [5.74, 6) is 1.01. The molecule has 1 heterocycles. The van der Waals surface area contributed by atoms with E-state index < -0.39 is 0 Å². The number of nitrogens with zero attached hydrogens (tertiary/aromatic N) is 3. The summed E-state index contributed by atoms with van der Waals surface area (Å²) in [6.07, 6.45) is 3.45. The second-order valence-corrected chi connectivity index (χ2v) is 7.34. The molecule has 0 saturated carbocycles. The minimum absolute atomic E-state index is 0.0804. The van der Waals surface area contributed by atoms with Crippen molar-refractivity contribution in [1.29, 1.82) is 0 Å². The Bertz CT molecular complexity index is 733. The van der Waals surface area contributed by atoms with Gasteiger partial charge in [0.2, 0.25) is 0 Å². The van der Waals surface area contributed by atoms with Crippen molar-refractivity contribution in [1.82, 2.24) is 20.1 Å². The highest BCUT2D eigenvalue weighted by Crippen LogP contribution is 2.21. The van der Waals surface area contributed by atoms with Gasteiger partial charge >= 0.3 is 0 Å². The second kappa shape index (κ2) is 9.10. The molecular weight excluding hydrogens is 360 g/mol. The van der Waals surface area contributed by atoms with Crippen molar-refractivity contribution >= 4 is 29.3 Å². The number of aryl methyl sites for hydroxylation is 1. The molecule has 0 bridgehead atoms. The van der Waals surface area contributed by atoms with Crippen molar-refractivity contribution in [2.45, 2.75) is 38.4 Å². The topological polar surface area (TPSA) is 80.0 Å². The van der Waals surface area contributed by atoms with Gasteiger partial charge in [0, 0.05) is 24.5 Å². The van der Waals surface area contributed by atoms with Gasteiger partial charge in [-0.25, -0.2) is 0 Å². The van der Waals surface area contributed by atoms with Gasteiger partial charge in [0.1, 0.15) is 11.6 Å². The molecular formula is C17H23ClN4O2S. The van der Waals surface area contributed by atoms with Gasteiger partial charge in [-0.05, 0) is 36.8 Å². The van der Waals surface area contributed by atoms with Crippen LogP contribution in [0.3, 0.4) is 0 Å². The zero-order valence-electron chi connectivity index (χ0n) is 14.6. The monoisotopic (exact) mass is 382 g/mol. The van der Waals surface area contributed by atoms with Gasteiger partial charge in [-0.15, -0.1) is 10.2 Å². The molecule has 25 heavy (non-hydrogen) atoms. The Morgan fingerprint density at radius 2 is 2.16 bits per heavy atom. The number of amides is 1. The molecule has 0 saturated heterocycles. The Kier molecular flexibility index (Phi) is 7.13. The van der Waals surface area contributed by atoms with E-state index >= 15 is 0 Å². The summed E-state index contributed by atoms with van der Waals surface area (Å²) in [4.78, 5) is 12.1. The van der Waals surface area contributed by atoms with Crippen molar-refractivity contribution < 1.29 is 9.90 Å². The zero-order valence-corrected chi connectivity index (χ0v) is 16.2. The first-order valence-electron chi connectivity index (χ1n) is 8.15. The van der Waals surface area contributed by atoms with E-state index in [4.69, 9.17) is 11.6 Å². The third kappa shape index (κ3) is 5.37. The minimum atomic E-state index is -0.339. The van der Waals surface area contributed by atoms with Gasteiger partial charge < -0.3 is 15.0 Å². The molecule has 0 spiro atoms. The van der Waals surface area contributed by atoms with Crippen LogP contribution in [0.2, 0.25) is 5.02 Å². The lowest BCUT2D eigenvalue weighted by atomic mass is 10.2. The number of phenols is 1. The molecule has 1 amide bonds. The summed E-state index contributed by atoms with van der Waals surface area (Å²) in [7, 11) is 0. The molecule has 136 valence electrons. The standard InChI is InChI=1S/C17H23ClN4O2S/c1-11(2)10-22-15(20-21-17(22)25-3)5-4-8-19-16(24)13-9-12(18)6-7-14(13)23/h6-7,9,11,23H,4-5,8,10H2,1-3H3,(H,19,24). The molecule has 0 aliphatic carbocycles. The first-order chi connectivity index (χ1) is 11.9. The molecule has 0 fully saturated rings. The fourth-order valence-electron chi connectivity index (χ4n) is 2.44. The van der Waals surface area contributed by atoms with Crippen LogP contribution in [0.4, 0.5) is 0 Å². The first-order valence-corrected chi connectivity index (χ1v) is 9.75. The van der Waals surface area contributed by atoms with Crippen molar-refractivity contribution in [3.63, 3.8) is 0 Å². The number of rotatable bonds is 8. The smallest absolute Gasteiger partial charge is 0.255 e. The van der Waals surface area contributed by atoms with Gasteiger partial charge in [0.15, 0.2) is 5.16 Å². The fraction of sp³-hybridized carbons (Fsp3) is 0.471. The Morgan fingerprint density at radius 3 is 2.84 bits per heavy atom. The van der Waals surface area contributed by atoms with E-state index in [-0.39, 0.29) is 17.2 Å². The second-order valence-electron chi connectivity index (χ2n) is 6.13. The van der Waals surface area contributed by atoms with Crippen molar-refractivity contribution in [2.24, 2.45) is 5.92 Å². The number of hydrogen-bond donors (Lipinski definition) is 2. The molecule has 1 aromatic heterocycles. The van der Waals surface area contributed by atoms with E-state index in [1.807, 2.05) is 6.26 Å². The van der Waals surface area contributed by atoms with Crippen molar-refractivity contribution in [3.05, 3.63) is 34.6 Å². The molecule has 1 aromatic carbocycles. The molecule has 0 atom stereocenters. The molecule has 2 rings (SSSR count). The molecule has 6 nitrogen and oxygen atoms in total. The molecule has 0 aliphatic heterocycles. The van der Waals surface area contributed by atoms with Crippen LogP contribution in [0, 0.1) is 5.92 Å². The molecule has 0 aliphatic rings. The summed E-state index contributed by atoms with van der Waals surface area (Å²) in [5.41, 5.74) is 0.181. The summed E-state index contributed by atoms with van der Waals surface area (Å²) in [6.45, 7) is 5.67. The van der Waals surface area contributed by atoms with E-state index in [9.17, 15) is 9.90 Å². The predicted octanol–water partition coefficient (Wildman–Crippen LogP) is 3.38. The van der Waals surface area contributed by atoms with E-state index in [2.05, 4.69) is 33.9 Å². The quantitative estimate of drug-likeness (QED) is 0.540. The summed E-state index contributed by atoms with van der Waals surface area (Å²) in [5, 5.41) is 22.3. The Hall–Kier alpha value is -1.73. The summed E-state index contributed by atoms with van der Waals surface area (Å²) in [6, 6.07) is 4.41. The Labute approximate surface area is 157 Å². The number of thioether (sulfide) groups is 1. The highest BCUT2D eigenvalue weighted by molar-refractivity contribution is 7.98. The van der Waals surface area contributed by atoms with Gasteiger partial charge in [0.25, 0.3) is 5.91 Å². The van der Waals surface area contributed by atoms with E-state index in [1.54, 1.807) is 17.8 Å². The number of aromatic hydroxyl groups is 1. The number of aromatic nitrogens is 3. The highest BCUT2D eigenvalue weighted by atomic mass is 35.5. The first kappa shape index (κ1) is 19.6. The maximum absolute atomic E-state index is 12.1. The van der Waals surface area contributed by atoms with Crippen LogP contribution < -0.4 is 5.32 Å². The van der Waals surface area contributed by atoms with E-state index in [0.717, 1.165) is 30.4 Å². The Balaban J connectivity index is 1.90. The van der Waals surface area contributed by atoms with Crippen LogP contribution in [0.25, 0.3) is 0 Å². The number of carbonyl (C=O) groups is 1. The number of halogens is 1. The number of carbonyl (C=O) groups excluding carboxylic acids is 1. The number of benzene rings is 1. The zero-order chi connectivity index (χ0) is 18.4. The number of phenolic OH excluding ortho intramolecular Hbond substituents is 1. The summed E-state index contributed by atoms with van der Waals surface area (Å²) < 4.78 is 2.14. The predicted molar refractivity (Wildman–Crippen MR) is 100 cm³/mol. The maximum Gasteiger partial charge on any atom is 0.255 e. The largest absolute Gasteiger partial charge is 0.507 e. The Morgan fingerprint density at radius 1 is 1.40 bits per heavy atom. The van der Waals surface area contributed by atoms with E-state index in [1.165, 1.54) is 12.1 Å². The van der Waals surface area contributed by atoms with Crippen molar-refractivity contribution in [2.75, 3.05) is 12.8 Å². The van der Waals surface area contributed by atoms with E-state index in [0.29, 0.717) is 17.5 Å². The third-order valence-electron chi connectivity index (χ3n) is 3.59. The van der Waals surface area contributed by atoms with Gasteiger partial charge in [-0.1, -0.05) is 37.2 Å². The lowest BCUT2D eigenvalue weighted by Gasteiger charge is -2.12. The van der Waals surface area contributed by atoms with Crippen LogP contribution in [0.1, 0.15) is 36.5 Å². The summed E-state index contributed by atoms with van der Waals surface area (Å²) >= 11 is 7.45. The van der Waals surface area contributed by atoms with Gasteiger partial charge in [-0.3, -0.25) is 4.79 Å². The van der Waals surface area contributed by atoms with Crippen LogP contribution in [-0.2, 0) is 13.0 Å². The third-order valence-corrected chi connectivity index (χ3v) is 4.49. The fourth-order valence-corrected chi connectivity index (χ4v) is 3.13. The lowest BCUT2D eigenvalue weighted by Crippen LogP contribution is -2.25. The minimum Gasteiger partial charge on any atom is -0.507 e. The number of hydrogen-bond acceptors (Lipinski definition) is 5. The van der Waals surface area contributed by atoms with Crippen molar-refractivity contribution in [3.8, 4) is 5.75 Å². The van der Waals surface area contributed by atoms with Crippen LogP contribution in [0.5, 0.6) is 5.75 Å². The SMILES string of the molecule is CSc1nnc(CCCNC(=O)c2cc(Cl)ccc2O)n1CC(C)C. The molecule has 2 N–H and O–H groups in total. The van der Waals surface area contributed by atoms with Gasteiger partial charge in [0.05, 0.1) is 5.56 Å². The molecule has 0 unspecified atom stereocenters. The molecule has 8 heteroatoms. The normalized spacial score (nSPS) is 11.1. The van der Waals surface area contributed by atoms with Crippen LogP contribution >= 0.6 is 23.4 Å². The van der Waals surface area contributed by atoms with Crippen LogP contribution in [-0.4, -0.2) is 38.6 Å². The maximum atomic E-state index is 12.1. The average Bonchev–Trinajstić information content (AvgIpc) is 2.94. The number of nitrogens with one attached hydrogen (secondary N) is 1. The lowest BCUT2D eigenvalue weighted by molar-refractivity contribution is 0.0950. The molecule has 2 aromatic rings. The van der Waals surface area contributed by atoms with Gasteiger partial charge in [-0.2, -0.15) is 0 Å². The molecule has 0 radical (unpaired) electrons. The highest BCUT2D eigenvalue weighted by Gasteiger charge is 2.14. The van der Waals surface area contributed by atoms with Crippen LogP contribution in [0.15, 0.2) is 23.4 Å².